The lowest BCUT2D eigenvalue weighted by molar-refractivity contribution is 0.336. The first-order chi connectivity index (χ1) is 9.26. The average molecular weight is 257 g/mol. The van der Waals surface area contributed by atoms with E-state index in [2.05, 4.69) is 54.0 Å². The summed E-state index contributed by atoms with van der Waals surface area (Å²) >= 11 is 0. The standard InChI is InChI=1S/C16H23N3/c1-4-14(5-2)13(3)19-12-11-17-16(19)18-15-9-7-6-8-10-15/h6-14H,4-5H2,1-3H3,(H,17,18). The van der Waals surface area contributed by atoms with Gasteiger partial charge in [-0.15, -0.1) is 0 Å². The number of nitrogens with zero attached hydrogens (tertiary/aromatic N) is 2. The first-order valence-electron chi connectivity index (χ1n) is 7.11. The van der Waals surface area contributed by atoms with E-state index in [-0.39, 0.29) is 0 Å². The Morgan fingerprint density at radius 3 is 2.47 bits per heavy atom. The van der Waals surface area contributed by atoms with Crippen LogP contribution in [0, 0.1) is 5.92 Å². The van der Waals surface area contributed by atoms with Crippen molar-refractivity contribution in [3.05, 3.63) is 42.7 Å². The Hall–Kier alpha value is -1.77. The summed E-state index contributed by atoms with van der Waals surface area (Å²) < 4.78 is 2.24. The summed E-state index contributed by atoms with van der Waals surface area (Å²) in [7, 11) is 0. The highest BCUT2D eigenvalue weighted by Crippen LogP contribution is 2.27. The summed E-state index contributed by atoms with van der Waals surface area (Å²) in [6.07, 6.45) is 6.32. The zero-order valence-electron chi connectivity index (χ0n) is 12.0. The molecule has 1 atom stereocenters. The van der Waals surface area contributed by atoms with Crippen molar-refractivity contribution in [3.8, 4) is 0 Å². The molecule has 3 nitrogen and oxygen atoms in total. The molecule has 1 N–H and O–H groups in total. The molecule has 102 valence electrons. The Balaban J connectivity index is 2.18. The third kappa shape index (κ3) is 3.16. The summed E-state index contributed by atoms with van der Waals surface area (Å²) in [4.78, 5) is 4.44. The van der Waals surface area contributed by atoms with E-state index in [1.54, 1.807) is 0 Å². The Morgan fingerprint density at radius 2 is 1.84 bits per heavy atom. The maximum atomic E-state index is 4.44. The minimum atomic E-state index is 0.462. The number of benzene rings is 1. The number of aromatic nitrogens is 2. The molecule has 19 heavy (non-hydrogen) atoms. The van der Waals surface area contributed by atoms with Crippen LogP contribution in [0.3, 0.4) is 0 Å². The molecule has 0 spiro atoms. The molecule has 2 rings (SSSR count). The Bertz CT molecular complexity index is 486. The van der Waals surface area contributed by atoms with Crippen LogP contribution in [0.2, 0.25) is 0 Å². The van der Waals surface area contributed by atoms with E-state index in [1.165, 1.54) is 12.8 Å². The number of para-hydroxylation sites is 1. The van der Waals surface area contributed by atoms with E-state index < -0.39 is 0 Å². The van der Waals surface area contributed by atoms with Crippen molar-refractivity contribution < 1.29 is 0 Å². The van der Waals surface area contributed by atoms with E-state index in [0.717, 1.165) is 11.6 Å². The molecular weight excluding hydrogens is 234 g/mol. The van der Waals surface area contributed by atoms with Crippen LogP contribution >= 0.6 is 0 Å². The van der Waals surface area contributed by atoms with Crippen LogP contribution in [0.4, 0.5) is 11.6 Å². The molecule has 0 bridgehead atoms. The van der Waals surface area contributed by atoms with Crippen molar-refractivity contribution >= 4 is 11.6 Å². The summed E-state index contributed by atoms with van der Waals surface area (Å²) in [6.45, 7) is 6.79. The van der Waals surface area contributed by atoms with Gasteiger partial charge in [-0.1, -0.05) is 44.9 Å². The summed E-state index contributed by atoms with van der Waals surface area (Å²) in [6, 6.07) is 10.6. The normalized spacial score (nSPS) is 12.6. The Kier molecular flexibility index (Phi) is 4.61. The summed E-state index contributed by atoms with van der Waals surface area (Å²) in [5.74, 6) is 1.61. The molecular formula is C16H23N3. The first-order valence-corrected chi connectivity index (χ1v) is 7.11. The molecule has 0 saturated carbocycles. The van der Waals surface area contributed by atoms with Crippen LogP contribution in [-0.2, 0) is 0 Å². The third-order valence-electron chi connectivity index (χ3n) is 3.87. The van der Waals surface area contributed by atoms with Crippen molar-refractivity contribution in [1.29, 1.82) is 0 Å². The van der Waals surface area contributed by atoms with E-state index in [0.29, 0.717) is 12.0 Å². The molecule has 0 radical (unpaired) electrons. The van der Waals surface area contributed by atoms with Gasteiger partial charge in [0.1, 0.15) is 0 Å². The van der Waals surface area contributed by atoms with Gasteiger partial charge in [0.25, 0.3) is 0 Å². The average Bonchev–Trinajstić information content (AvgIpc) is 2.89. The fraction of sp³-hybridized carbons (Fsp3) is 0.438. The second-order valence-corrected chi connectivity index (χ2v) is 4.97. The first kappa shape index (κ1) is 13.7. The van der Waals surface area contributed by atoms with Gasteiger partial charge in [0.05, 0.1) is 0 Å². The number of hydrogen-bond acceptors (Lipinski definition) is 2. The molecule has 1 aromatic carbocycles. The fourth-order valence-electron chi connectivity index (χ4n) is 2.59. The molecule has 3 heteroatoms. The number of hydrogen-bond donors (Lipinski definition) is 1. The zero-order valence-corrected chi connectivity index (χ0v) is 12.0. The van der Waals surface area contributed by atoms with Gasteiger partial charge in [0.2, 0.25) is 5.95 Å². The van der Waals surface area contributed by atoms with Crippen LogP contribution in [0.5, 0.6) is 0 Å². The van der Waals surface area contributed by atoms with Gasteiger partial charge in [0, 0.05) is 24.1 Å². The quantitative estimate of drug-likeness (QED) is 0.818. The lowest BCUT2D eigenvalue weighted by Gasteiger charge is -2.24. The molecule has 0 fully saturated rings. The van der Waals surface area contributed by atoms with Gasteiger partial charge in [-0.25, -0.2) is 4.98 Å². The van der Waals surface area contributed by atoms with Gasteiger partial charge in [-0.3, -0.25) is 0 Å². The number of nitrogens with one attached hydrogen (secondary N) is 1. The van der Waals surface area contributed by atoms with Crippen LogP contribution in [0.1, 0.15) is 39.7 Å². The highest BCUT2D eigenvalue weighted by Gasteiger charge is 2.17. The molecule has 2 aromatic rings. The van der Waals surface area contributed by atoms with Crippen LogP contribution in [-0.4, -0.2) is 9.55 Å². The predicted molar refractivity (Wildman–Crippen MR) is 80.7 cm³/mol. The van der Waals surface area contributed by atoms with Crippen molar-refractivity contribution in [2.75, 3.05) is 5.32 Å². The fourth-order valence-corrected chi connectivity index (χ4v) is 2.59. The van der Waals surface area contributed by atoms with E-state index >= 15 is 0 Å². The Labute approximate surface area is 115 Å². The smallest absolute Gasteiger partial charge is 0.207 e. The molecule has 0 aliphatic heterocycles. The van der Waals surface area contributed by atoms with Gasteiger partial charge in [-0.2, -0.15) is 0 Å². The van der Waals surface area contributed by atoms with Gasteiger partial charge in [0.15, 0.2) is 0 Å². The van der Waals surface area contributed by atoms with E-state index in [1.807, 2.05) is 24.4 Å². The third-order valence-corrected chi connectivity index (χ3v) is 3.87. The van der Waals surface area contributed by atoms with Crippen molar-refractivity contribution in [2.45, 2.75) is 39.7 Å². The van der Waals surface area contributed by atoms with Crippen molar-refractivity contribution in [3.63, 3.8) is 0 Å². The number of rotatable bonds is 6. The predicted octanol–water partition coefficient (Wildman–Crippen LogP) is 4.62. The second kappa shape index (κ2) is 6.41. The number of imidazole rings is 1. The van der Waals surface area contributed by atoms with E-state index in [9.17, 15) is 0 Å². The lowest BCUT2D eigenvalue weighted by atomic mass is 9.95. The topological polar surface area (TPSA) is 29.9 Å². The maximum Gasteiger partial charge on any atom is 0.207 e. The SMILES string of the molecule is CCC(CC)C(C)n1ccnc1Nc1ccccc1. The largest absolute Gasteiger partial charge is 0.326 e. The molecule has 0 saturated heterocycles. The highest BCUT2D eigenvalue weighted by molar-refractivity contribution is 5.53. The molecule has 1 unspecified atom stereocenters. The monoisotopic (exact) mass is 257 g/mol. The van der Waals surface area contributed by atoms with Crippen molar-refractivity contribution in [2.24, 2.45) is 5.92 Å². The van der Waals surface area contributed by atoms with Gasteiger partial charge in [-0.05, 0) is 25.0 Å². The van der Waals surface area contributed by atoms with Gasteiger partial charge < -0.3 is 9.88 Å². The van der Waals surface area contributed by atoms with Crippen molar-refractivity contribution in [1.82, 2.24) is 9.55 Å². The molecule has 0 amide bonds. The minimum Gasteiger partial charge on any atom is -0.326 e. The zero-order chi connectivity index (χ0) is 13.7. The highest BCUT2D eigenvalue weighted by atomic mass is 15.2. The van der Waals surface area contributed by atoms with Crippen LogP contribution in [0.25, 0.3) is 0 Å². The maximum absolute atomic E-state index is 4.44. The lowest BCUT2D eigenvalue weighted by Crippen LogP contribution is -2.16. The second-order valence-electron chi connectivity index (χ2n) is 4.97. The van der Waals surface area contributed by atoms with Crippen LogP contribution < -0.4 is 5.32 Å². The molecule has 1 heterocycles. The molecule has 1 aromatic heterocycles. The van der Waals surface area contributed by atoms with Gasteiger partial charge >= 0.3 is 0 Å². The summed E-state index contributed by atoms with van der Waals surface area (Å²) in [5, 5.41) is 3.39. The number of anilines is 2. The molecule has 0 aliphatic carbocycles. The van der Waals surface area contributed by atoms with E-state index in [4.69, 9.17) is 0 Å². The molecule has 0 aliphatic rings. The van der Waals surface area contributed by atoms with Crippen LogP contribution in [0.15, 0.2) is 42.7 Å². The Morgan fingerprint density at radius 1 is 1.16 bits per heavy atom. The minimum absolute atomic E-state index is 0.462. The summed E-state index contributed by atoms with van der Waals surface area (Å²) in [5.41, 5.74) is 1.08.